The molecule has 3 rings (SSSR count). The van der Waals surface area contributed by atoms with E-state index >= 15 is 0 Å². The molecule has 0 aliphatic rings. The molecule has 0 bridgehead atoms. The van der Waals surface area contributed by atoms with Crippen LogP contribution in [-0.2, 0) is 0 Å². The molecule has 1 N–H and O–H groups in total. The van der Waals surface area contributed by atoms with Gasteiger partial charge in [0.25, 0.3) is 0 Å². The number of nitrogens with one attached hydrogen (secondary N) is 1. The average Bonchev–Trinajstić information content (AvgIpc) is 2.62. The van der Waals surface area contributed by atoms with Crippen LogP contribution in [0.4, 0.5) is 5.69 Å². The minimum atomic E-state index is 0.591. The number of aryl methyl sites for hydroxylation is 1. The summed E-state index contributed by atoms with van der Waals surface area (Å²) in [6.45, 7) is 3.94. The van der Waals surface area contributed by atoms with Crippen LogP contribution in [-0.4, -0.2) is 20.9 Å². The molecule has 5 nitrogen and oxygen atoms in total. The number of rotatable bonds is 4. The van der Waals surface area contributed by atoms with Crippen molar-refractivity contribution in [2.24, 2.45) is 5.10 Å². The largest absolute Gasteiger partial charge is 0.278 e. The van der Waals surface area contributed by atoms with E-state index in [-0.39, 0.29) is 0 Å². The molecule has 0 spiro atoms. The summed E-state index contributed by atoms with van der Waals surface area (Å²) in [5, 5.41) is 12.5. The van der Waals surface area contributed by atoms with E-state index in [1.54, 1.807) is 6.20 Å². The third-order valence-electron chi connectivity index (χ3n) is 3.37. The highest BCUT2D eigenvalue weighted by Crippen LogP contribution is 2.13. The van der Waals surface area contributed by atoms with Crippen molar-refractivity contribution in [3.63, 3.8) is 0 Å². The molecule has 0 aliphatic carbocycles. The lowest BCUT2D eigenvalue weighted by atomic mass is 10.2. The van der Waals surface area contributed by atoms with Crippen LogP contribution in [0.15, 0.2) is 65.9 Å². The molecular weight excluding hydrogens is 286 g/mol. The molecule has 1 heterocycles. The van der Waals surface area contributed by atoms with Gasteiger partial charge in [-0.25, -0.2) is 4.98 Å². The number of hydrazone groups is 1. The first-order chi connectivity index (χ1) is 11.2. The van der Waals surface area contributed by atoms with Gasteiger partial charge in [-0.1, -0.05) is 48.0 Å². The molecule has 3 aromatic rings. The Morgan fingerprint density at radius 1 is 1.00 bits per heavy atom. The van der Waals surface area contributed by atoms with E-state index in [9.17, 15) is 0 Å². The molecule has 5 heteroatoms. The smallest absolute Gasteiger partial charge is 0.182 e. The Labute approximate surface area is 135 Å². The van der Waals surface area contributed by atoms with E-state index in [0.717, 1.165) is 17.0 Å². The fraction of sp³-hybridized carbons (Fsp3) is 0.111. The number of nitrogens with zero attached hydrogens (tertiary/aromatic N) is 4. The van der Waals surface area contributed by atoms with Gasteiger partial charge in [0.1, 0.15) is 5.69 Å². The van der Waals surface area contributed by atoms with Crippen LogP contribution in [0, 0.1) is 6.92 Å². The van der Waals surface area contributed by atoms with Gasteiger partial charge in [-0.2, -0.15) is 10.2 Å². The van der Waals surface area contributed by atoms with Gasteiger partial charge < -0.3 is 0 Å². The second-order valence-corrected chi connectivity index (χ2v) is 5.21. The number of hydrogen-bond acceptors (Lipinski definition) is 5. The van der Waals surface area contributed by atoms with Crippen LogP contribution in [0.1, 0.15) is 18.2 Å². The van der Waals surface area contributed by atoms with Crippen LogP contribution < -0.4 is 5.43 Å². The van der Waals surface area contributed by atoms with E-state index in [0.29, 0.717) is 11.5 Å². The van der Waals surface area contributed by atoms with Gasteiger partial charge in [-0.05, 0) is 26.0 Å². The summed E-state index contributed by atoms with van der Waals surface area (Å²) in [6, 6.07) is 17.8. The third kappa shape index (κ3) is 3.77. The van der Waals surface area contributed by atoms with Crippen LogP contribution in [0.25, 0.3) is 11.4 Å². The van der Waals surface area contributed by atoms with Crippen molar-refractivity contribution >= 4 is 11.4 Å². The molecule has 0 aliphatic heterocycles. The first-order valence-electron chi connectivity index (χ1n) is 7.35. The maximum absolute atomic E-state index is 4.52. The van der Waals surface area contributed by atoms with Crippen LogP contribution in [0.3, 0.4) is 0 Å². The summed E-state index contributed by atoms with van der Waals surface area (Å²) in [5.41, 5.74) is 7.54. The second-order valence-electron chi connectivity index (χ2n) is 5.21. The van der Waals surface area contributed by atoms with Crippen molar-refractivity contribution in [1.82, 2.24) is 15.2 Å². The molecule has 0 unspecified atom stereocenters. The summed E-state index contributed by atoms with van der Waals surface area (Å²) in [4.78, 5) is 4.52. The van der Waals surface area contributed by atoms with Crippen LogP contribution >= 0.6 is 0 Å². The van der Waals surface area contributed by atoms with E-state index in [1.807, 2.05) is 61.5 Å². The lowest BCUT2D eigenvalue weighted by Gasteiger charge is -2.04. The zero-order valence-electron chi connectivity index (χ0n) is 13.1. The predicted molar refractivity (Wildman–Crippen MR) is 92.3 cm³/mol. The van der Waals surface area contributed by atoms with E-state index < -0.39 is 0 Å². The van der Waals surface area contributed by atoms with Gasteiger partial charge in [-0.3, -0.25) is 5.43 Å². The molecule has 0 atom stereocenters. The highest BCUT2D eigenvalue weighted by Gasteiger charge is 2.05. The molecule has 0 radical (unpaired) electrons. The normalized spacial score (nSPS) is 11.3. The maximum Gasteiger partial charge on any atom is 0.182 e. The van der Waals surface area contributed by atoms with Gasteiger partial charge in [0.05, 0.1) is 17.6 Å². The summed E-state index contributed by atoms with van der Waals surface area (Å²) in [7, 11) is 0. The molecule has 0 fully saturated rings. The molecule has 114 valence electrons. The summed E-state index contributed by atoms with van der Waals surface area (Å²) in [5.74, 6) is 0.591. The first-order valence-corrected chi connectivity index (χ1v) is 7.35. The van der Waals surface area contributed by atoms with Crippen molar-refractivity contribution in [3.05, 3.63) is 72.1 Å². The van der Waals surface area contributed by atoms with Crippen LogP contribution in [0.2, 0.25) is 0 Å². The Bertz CT molecular complexity index is 810. The van der Waals surface area contributed by atoms with Crippen molar-refractivity contribution < 1.29 is 0 Å². The zero-order chi connectivity index (χ0) is 16.1. The van der Waals surface area contributed by atoms with E-state index in [4.69, 9.17) is 0 Å². The Hall–Kier alpha value is -3.08. The van der Waals surface area contributed by atoms with Crippen molar-refractivity contribution in [1.29, 1.82) is 0 Å². The summed E-state index contributed by atoms with van der Waals surface area (Å²) < 4.78 is 0. The minimum absolute atomic E-state index is 0.591. The lowest BCUT2D eigenvalue weighted by Crippen LogP contribution is -2.05. The highest BCUT2D eigenvalue weighted by molar-refractivity contribution is 5.97. The van der Waals surface area contributed by atoms with Gasteiger partial charge >= 0.3 is 0 Å². The Morgan fingerprint density at radius 2 is 1.74 bits per heavy atom. The zero-order valence-corrected chi connectivity index (χ0v) is 13.1. The van der Waals surface area contributed by atoms with Gasteiger partial charge in [-0.15, -0.1) is 5.10 Å². The minimum Gasteiger partial charge on any atom is -0.278 e. The molecule has 0 saturated carbocycles. The molecule has 2 aromatic carbocycles. The number of anilines is 1. The predicted octanol–water partition coefficient (Wildman–Crippen LogP) is 3.68. The van der Waals surface area contributed by atoms with Crippen molar-refractivity contribution in [2.45, 2.75) is 13.8 Å². The Balaban J connectivity index is 1.80. The van der Waals surface area contributed by atoms with Gasteiger partial charge in [0, 0.05) is 5.56 Å². The summed E-state index contributed by atoms with van der Waals surface area (Å²) >= 11 is 0. The van der Waals surface area contributed by atoms with Gasteiger partial charge in [0.15, 0.2) is 5.82 Å². The second kappa shape index (κ2) is 6.79. The topological polar surface area (TPSA) is 63.1 Å². The lowest BCUT2D eigenvalue weighted by molar-refractivity contribution is 0.970. The van der Waals surface area contributed by atoms with E-state index in [2.05, 4.69) is 32.6 Å². The maximum atomic E-state index is 4.52. The molecule has 23 heavy (non-hydrogen) atoms. The van der Waals surface area contributed by atoms with Crippen molar-refractivity contribution in [3.8, 4) is 11.4 Å². The fourth-order valence-corrected chi connectivity index (χ4v) is 2.02. The Morgan fingerprint density at radius 3 is 2.48 bits per heavy atom. The number of aromatic nitrogens is 3. The molecule has 1 aromatic heterocycles. The third-order valence-corrected chi connectivity index (χ3v) is 3.37. The SMILES string of the molecule is C/C(=N\Nc1ccc(C)cc1)c1cnnc(-c2ccccc2)n1. The number of benzene rings is 2. The molecule has 0 saturated heterocycles. The van der Waals surface area contributed by atoms with Crippen LogP contribution in [0.5, 0.6) is 0 Å². The average molecular weight is 303 g/mol. The number of hydrogen-bond donors (Lipinski definition) is 1. The monoisotopic (exact) mass is 303 g/mol. The quantitative estimate of drug-likeness (QED) is 0.590. The Kier molecular flexibility index (Phi) is 4.38. The molecule has 0 amide bonds. The highest BCUT2D eigenvalue weighted by atomic mass is 15.3. The fourth-order valence-electron chi connectivity index (χ4n) is 2.02. The standard InChI is InChI=1S/C18H17N5/c1-13-8-10-16(11-9-13)22-21-14(2)17-12-19-23-18(20-17)15-6-4-3-5-7-15/h3-12,22H,1-2H3/b21-14+. The van der Waals surface area contributed by atoms with Gasteiger partial charge in [0.2, 0.25) is 0 Å². The molecular formula is C18H17N5. The first kappa shape index (κ1) is 14.8. The van der Waals surface area contributed by atoms with E-state index in [1.165, 1.54) is 5.56 Å². The van der Waals surface area contributed by atoms with Crippen molar-refractivity contribution in [2.75, 3.05) is 5.43 Å². The summed E-state index contributed by atoms with van der Waals surface area (Å²) in [6.07, 6.45) is 1.61.